The summed E-state index contributed by atoms with van der Waals surface area (Å²) in [5.41, 5.74) is 5.10. The fraction of sp³-hybridized carbons (Fsp3) is 0.222. The van der Waals surface area contributed by atoms with E-state index < -0.39 is 11.2 Å². The molecule has 0 spiro atoms. The van der Waals surface area contributed by atoms with Gasteiger partial charge in [0, 0.05) is 41.1 Å². The molecule has 0 radical (unpaired) electrons. The first-order chi connectivity index (χ1) is 16.4. The van der Waals surface area contributed by atoms with E-state index in [2.05, 4.69) is 34.7 Å². The molecule has 0 fully saturated rings. The lowest BCUT2D eigenvalue weighted by atomic mass is 10.1. The summed E-state index contributed by atoms with van der Waals surface area (Å²) < 4.78 is 13.5. The van der Waals surface area contributed by atoms with Crippen LogP contribution >= 0.6 is 0 Å². The summed E-state index contributed by atoms with van der Waals surface area (Å²) in [7, 11) is 0. The third-order valence-electron chi connectivity index (χ3n) is 5.44. The van der Waals surface area contributed by atoms with Gasteiger partial charge in [-0.3, -0.25) is 4.79 Å². The van der Waals surface area contributed by atoms with E-state index in [-0.39, 0.29) is 5.91 Å². The lowest BCUT2D eigenvalue weighted by Crippen LogP contribution is -2.08. The van der Waals surface area contributed by atoms with E-state index in [1.807, 2.05) is 31.2 Å². The fourth-order valence-electron chi connectivity index (χ4n) is 3.71. The minimum Gasteiger partial charge on any atom is -0.606 e. The molecule has 0 bridgehead atoms. The summed E-state index contributed by atoms with van der Waals surface area (Å²) in [5, 5.41) is 7.13. The molecule has 7 heteroatoms. The van der Waals surface area contributed by atoms with Crippen molar-refractivity contribution in [2.45, 2.75) is 49.8 Å². The van der Waals surface area contributed by atoms with Gasteiger partial charge in [-0.2, -0.15) is 0 Å². The molecule has 1 amide bonds. The predicted octanol–water partition coefficient (Wildman–Crippen LogP) is 6.15. The molecule has 4 aromatic rings. The SMILES string of the molecule is CCCCc1ccc2c(Nc3cc(C)ccc3[S+]([O-])c3ccc(NC(C)=O)cc3)ccnc2n1. The van der Waals surface area contributed by atoms with Crippen LogP contribution in [0.15, 0.2) is 76.7 Å². The number of pyridine rings is 2. The van der Waals surface area contributed by atoms with Crippen LogP contribution < -0.4 is 10.6 Å². The normalized spacial score (nSPS) is 11.9. The van der Waals surface area contributed by atoms with Crippen molar-refractivity contribution < 1.29 is 9.35 Å². The van der Waals surface area contributed by atoms with Crippen molar-refractivity contribution >= 4 is 45.2 Å². The second-order valence-corrected chi connectivity index (χ2v) is 9.68. The van der Waals surface area contributed by atoms with E-state index >= 15 is 0 Å². The van der Waals surface area contributed by atoms with E-state index in [4.69, 9.17) is 4.98 Å². The highest BCUT2D eigenvalue weighted by Crippen LogP contribution is 2.33. The average Bonchev–Trinajstić information content (AvgIpc) is 2.82. The lowest BCUT2D eigenvalue weighted by molar-refractivity contribution is -0.114. The molecule has 0 saturated carbocycles. The van der Waals surface area contributed by atoms with Crippen LogP contribution in [0.5, 0.6) is 0 Å². The number of hydrogen-bond donors (Lipinski definition) is 2. The molecule has 1 atom stereocenters. The zero-order valence-electron chi connectivity index (χ0n) is 19.6. The van der Waals surface area contributed by atoms with Crippen molar-refractivity contribution in [3.63, 3.8) is 0 Å². The van der Waals surface area contributed by atoms with Gasteiger partial charge in [-0.1, -0.05) is 19.4 Å². The van der Waals surface area contributed by atoms with Gasteiger partial charge in [0.2, 0.25) is 5.91 Å². The summed E-state index contributed by atoms with van der Waals surface area (Å²) in [4.78, 5) is 21.8. The molecule has 6 nitrogen and oxygen atoms in total. The zero-order chi connectivity index (χ0) is 24.1. The number of rotatable bonds is 8. The lowest BCUT2D eigenvalue weighted by Gasteiger charge is -2.17. The number of aromatic nitrogens is 2. The molecule has 34 heavy (non-hydrogen) atoms. The Morgan fingerprint density at radius 1 is 1.03 bits per heavy atom. The smallest absolute Gasteiger partial charge is 0.221 e. The fourth-order valence-corrected chi connectivity index (χ4v) is 4.85. The van der Waals surface area contributed by atoms with Crippen LogP contribution in [0.4, 0.5) is 17.1 Å². The van der Waals surface area contributed by atoms with E-state index in [1.165, 1.54) is 6.92 Å². The number of fused-ring (bicyclic) bond motifs is 1. The number of nitrogens with zero attached hydrogens (tertiary/aromatic N) is 2. The molecule has 0 saturated heterocycles. The first-order valence-electron chi connectivity index (χ1n) is 11.4. The molecule has 2 heterocycles. The number of aryl methyl sites for hydroxylation is 2. The van der Waals surface area contributed by atoms with E-state index in [1.54, 1.807) is 30.5 Å². The van der Waals surface area contributed by atoms with Crippen LogP contribution in [0.2, 0.25) is 0 Å². The van der Waals surface area contributed by atoms with Gasteiger partial charge in [0.15, 0.2) is 15.4 Å². The Morgan fingerprint density at radius 2 is 1.82 bits per heavy atom. The molecule has 1 unspecified atom stereocenters. The van der Waals surface area contributed by atoms with Crippen molar-refractivity contribution in [2.24, 2.45) is 0 Å². The molecule has 4 rings (SSSR count). The van der Waals surface area contributed by atoms with Crippen LogP contribution in [0.1, 0.15) is 37.9 Å². The topological polar surface area (TPSA) is 90.0 Å². The van der Waals surface area contributed by atoms with Crippen LogP contribution in [0.25, 0.3) is 11.0 Å². The Labute approximate surface area is 203 Å². The van der Waals surface area contributed by atoms with Crippen molar-refractivity contribution in [3.8, 4) is 0 Å². The minimum absolute atomic E-state index is 0.143. The number of amides is 1. The highest BCUT2D eigenvalue weighted by Gasteiger charge is 2.20. The van der Waals surface area contributed by atoms with Crippen molar-refractivity contribution in [3.05, 3.63) is 78.1 Å². The van der Waals surface area contributed by atoms with Gasteiger partial charge in [-0.05, 0) is 79.9 Å². The van der Waals surface area contributed by atoms with E-state index in [0.29, 0.717) is 21.1 Å². The standard InChI is InChI=1S/C27H28N4O2S/c1-4-5-6-20-10-13-23-24(15-16-28-27(23)30-20)31-25-17-18(2)7-14-26(25)34(33)22-11-8-21(9-12-22)29-19(3)32/h7-17H,4-6H2,1-3H3,(H,29,32)(H,28,30,31). The molecular weight excluding hydrogens is 444 g/mol. The molecular formula is C27H28N4O2S. The summed E-state index contributed by atoms with van der Waals surface area (Å²) in [6, 6.07) is 18.9. The molecule has 0 aliphatic rings. The average molecular weight is 473 g/mol. The van der Waals surface area contributed by atoms with Crippen LogP contribution in [0, 0.1) is 6.92 Å². The zero-order valence-corrected chi connectivity index (χ0v) is 20.4. The Morgan fingerprint density at radius 3 is 2.56 bits per heavy atom. The van der Waals surface area contributed by atoms with Crippen LogP contribution in [-0.4, -0.2) is 20.4 Å². The Hall–Kier alpha value is -3.42. The largest absolute Gasteiger partial charge is 0.606 e. The first-order valence-corrected chi connectivity index (χ1v) is 12.5. The molecule has 0 aliphatic carbocycles. The quantitative estimate of drug-likeness (QED) is 0.300. The Balaban J connectivity index is 1.65. The number of hydrogen-bond acceptors (Lipinski definition) is 5. The second-order valence-electron chi connectivity index (χ2n) is 8.23. The maximum Gasteiger partial charge on any atom is 0.221 e. The summed E-state index contributed by atoms with van der Waals surface area (Å²) in [5.74, 6) is -0.143. The Bertz CT molecular complexity index is 1310. The minimum atomic E-state index is -1.41. The van der Waals surface area contributed by atoms with Gasteiger partial charge in [0.25, 0.3) is 0 Å². The monoisotopic (exact) mass is 472 g/mol. The highest BCUT2D eigenvalue weighted by molar-refractivity contribution is 7.91. The predicted molar refractivity (Wildman–Crippen MR) is 138 cm³/mol. The number of nitrogens with one attached hydrogen (secondary N) is 2. The van der Waals surface area contributed by atoms with Gasteiger partial charge < -0.3 is 15.2 Å². The summed E-state index contributed by atoms with van der Waals surface area (Å²) in [6.45, 7) is 5.63. The van der Waals surface area contributed by atoms with E-state index in [0.717, 1.165) is 47.3 Å². The van der Waals surface area contributed by atoms with Gasteiger partial charge in [-0.25, -0.2) is 9.97 Å². The number of carbonyl (C=O) groups excluding carboxylic acids is 1. The number of benzene rings is 2. The van der Waals surface area contributed by atoms with Crippen LogP contribution in [-0.2, 0) is 22.4 Å². The van der Waals surface area contributed by atoms with Crippen molar-refractivity contribution in [1.29, 1.82) is 0 Å². The van der Waals surface area contributed by atoms with Crippen molar-refractivity contribution in [2.75, 3.05) is 10.6 Å². The molecule has 174 valence electrons. The molecule has 2 aromatic heterocycles. The number of anilines is 3. The van der Waals surface area contributed by atoms with Gasteiger partial charge in [0.1, 0.15) is 0 Å². The molecule has 0 aliphatic heterocycles. The third-order valence-corrected chi connectivity index (χ3v) is 6.90. The molecule has 2 aromatic carbocycles. The van der Waals surface area contributed by atoms with Gasteiger partial charge >= 0.3 is 0 Å². The van der Waals surface area contributed by atoms with Gasteiger partial charge in [-0.15, -0.1) is 0 Å². The van der Waals surface area contributed by atoms with Crippen molar-refractivity contribution in [1.82, 2.24) is 9.97 Å². The van der Waals surface area contributed by atoms with Gasteiger partial charge in [0.05, 0.1) is 11.4 Å². The van der Waals surface area contributed by atoms with E-state index in [9.17, 15) is 9.35 Å². The maximum atomic E-state index is 13.5. The highest BCUT2D eigenvalue weighted by atomic mass is 32.2. The van der Waals surface area contributed by atoms with Crippen LogP contribution in [0.3, 0.4) is 0 Å². The third kappa shape index (κ3) is 5.55. The maximum absolute atomic E-state index is 13.5. The number of unbranched alkanes of at least 4 members (excludes halogenated alkanes) is 1. The summed E-state index contributed by atoms with van der Waals surface area (Å²) >= 11 is -1.41. The second kappa shape index (κ2) is 10.7. The molecule has 2 N–H and O–H groups in total. The first kappa shape index (κ1) is 23.7. The number of carbonyl (C=O) groups is 1. The summed E-state index contributed by atoms with van der Waals surface area (Å²) in [6.07, 6.45) is 4.90. The Kier molecular flexibility index (Phi) is 7.45.